The van der Waals surface area contributed by atoms with Crippen molar-refractivity contribution in [3.8, 4) is 0 Å². The quantitative estimate of drug-likeness (QED) is 0.885. The fourth-order valence-corrected chi connectivity index (χ4v) is 2.27. The summed E-state index contributed by atoms with van der Waals surface area (Å²) in [5, 5.41) is 3.77. The van der Waals surface area contributed by atoms with Gasteiger partial charge in [-0.1, -0.05) is 6.07 Å². The first kappa shape index (κ1) is 12.7. The summed E-state index contributed by atoms with van der Waals surface area (Å²) in [6.45, 7) is 0.0934. The van der Waals surface area contributed by atoms with Crippen LogP contribution in [0.25, 0.3) is 10.9 Å². The van der Waals surface area contributed by atoms with Crippen molar-refractivity contribution in [3.63, 3.8) is 0 Å². The predicted octanol–water partition coefficient (Wildman–Crippen LogP) is 1.52. The fraction of sp³-hybridized carbons (Fsp3) is 0.333. The second-order valence-electron chi connectivity index (χ2n) is 5.25. The maximum Gasteiger partial charge on any atom is 0.254 e. The Labute approximate surface area is 117 Å². The first-order valence-corrected chi connectivity index (χ1v) is 6.76. The van der Waals surface area contributed by atoms with Crippen LogP contribution in [0.1, 0.15) is 23.2 Å². The lowest BCUT2D eigenvalue weighted by molar-refractivity contribution is -0.121. The van der Waals surface area contributed by atoms with Crippen molar-refractivity contribution in [2.45, 2.75) is 18.9 Å². The van der Waals surface area contributed by atoms with Gasteiger partial charge in [-0.3, -0.25) is 9.59 Å². The summed E-state index contributed by atoms with van der Waals surface area (Å²) >= 11 is 0. The average Bonchev–Trinajstić information content (AvgIpc) is 3.10. The molecule has 1 aliphatic carbocycles. The van der Waals surface area contributed by atoms with Gasteiger partial charge in [0.25, 0.3) is 5.91 Å². The average molecular weight is 271 g/mol. The molecule has 20 heavy (non-hydrogen) atoms. The van der Waals surface area contributed by atoms with Crippen LogP contribution in [0.2, 0.25) is 0 Å². The third-order valence-electron chi connectivity index (χ3n) is 3.50. The Hall–Kier alpha value is -2.30. The maximum atomic E-state index is 12.4. The summed E-state index contributed by atoms with van der Waals surface area (Å²) in [6, 6.07) is 7.74. The van der Waals surface area contributed by atoms with Crippen molar-refractivity contribution in [2.75, 3.05) is 13.6 Å². The molecule has 1 aliphatic rings. The van der Waals surface area contributed by atoms with Gasteiger partial charge in [0, 0.05) is 35.8 Å². The molecule has 0 saturated heterocycles. The second kappa shape index (κ2) is 5.00. The molecule has 0 spiro atoms. The Morgan fingerprint density at radius 3 is 2.90 bits per heavy atom. The second-order valence-corrected chi connectivity index (χ2v) is 5.25. The Balaban J connectivity index is 1.73. The summed E-state index contributed by atoms with van der Waals surface area (Å²) < 4.78 is 0. The number of carbonyl (C=O) groups excluding carboxylic acids is 2. The van der Waals surface area contributed by atoms with Gasteiger partial charge in [-0.05, 0) is 31.0 Å². The van der Waals surface area contributed by atoms with Crippen LogP contribution in [0.15, 0.2) is 30.5 Å². The molecule has 1 aromatic carbocycles. The van der Waals surface area contributed by atoms with Gasteiger partial charge in [0.2, 0.25) is 5.91 Å². The minimum Gasteiger partial charge on any atom is -0.361 e. The lowest BCUT2D eigenvalue weighted by Gasteiger charge is -2.17. The number of benzene rings is 1. The molecular weight excluding hydrogens is 254 g/mol. The predicted molar refractivity (Wildman–Crippen MR) is 76.4 cm³/mol. The molecule has 0 bridgehead atoms. The largest absolute Gasteiger partial charge is 0.361 e. The van der Waals surface area contributed by atoms with Crippen LogP contribution in [0, 0.1) is 0 Å². The van der Waals surface area contributed by atoms with E-state index in [4.69, 9.17) is 0 Å². The Morgan fingerprint density at radius 2 is 2.15 bits per heavy atom. The van der Waals surface area contributed by atoms with Crippen LogP contribution in [0.3, 0.4) is 0 Å². The van der Waals surface area contributed by atoms with Crippen LogP contribution in [0.4, 0.5) is 0 Å². The number of aromatic amines is 1. The fourth-order valence-electron chi connectivity index (χ4n) is 2.27. The Morgan fingerprint density at radius 1 is 1.35 bits per heavy atom. The lowest BCUT2D eigenvalue weighted by atomic mass is 10.1. The number of aromatic nitrogens is 1. The summed E-state index contributed by atoms with van der Waals surface area (Å²) in [4.78, 5) is 28.7. The van der Waals surface area contributed by atoms with Crippen molar-refractivity contribution in [1.82, 2.24) is 15.2 Å². The number of nitrogens with zero attached hydrogens (tertiary/aromatic N) is 1. The van der Waals surface area contributed by atoms with Gasteiger partial charge in [0.05, 0.1) is 6.54 Å². The highest BCUT2D eigenvalue weighted by atomic mass is 16.2. The molecule has 1 saturated carbocycles. The third kappa shape index (κ3) is 2.52. The SMILES string of the molecule is CN(CC(=O)NC1CC1)C(=O)c1cccc2[nH]ccc12. The van der Waals surface area contributed by atoms with E-state index in [1.165, 1.54) is 4.90 Å². The maximum absolute atomic E-state index is 12.4. The summed E-state index contributed by atoms with van der Waals surface area (Å²) in [5.41, 5.74) is 1.54. The van der Waals surface area contributed by atoms with Gasteiger partial charge in [0.1, 0.15) is 0 Å². The van der Waals surface area contributed by atoms with Crippen molar-refractivity contribution < 1.29 is 9.59 Å². The number of carbonyl (C=O) groups is 2. The number of hydrogen-bond acceptors (Lipinski definition) is 2. The van der Waals surface area contributed by atoms with Crippen LogP contribution < -0.4 is 5.32 Å². The minimum absolute atomic E-state index is 0.0930. The van der Waals surface area contributed by atoms with E-state index < -0.39 is 0 Å². The van der Waals surface area contributed by atoms with Gasteiger partial charge in [-0.2, -0.15) is 0 Å². The molecule has 3 rings (SSSR count). The van der Waals surface area contributed by atoms with Crippen LogP contribution in [-0.4, -0.2) is 41.3 Å². The van der Waals surface area contributed by atoms with Crippen molar-refractivity contribution in [1.29, 1.82) is 0 Å². The van der Waals surface area contributed by atoms with Crippen LogP contribution in [-0.2, 0) is 4.79 Å². The van der Waals surface area contributed by atoms with E-state index in [1.54, 1.807) is 19.3 Å². The summed E-state index contributed by atoms with van der Waals surface area (Å²) in [7, 11) is 1.65. The van der Waals surface area contributed by atoms with Crippen LogP contribution in [0.5, 0.6) is 0 Å². The van der Waals surface area contributed by atoms with E-state index in [9.17, 15) is 9.59 Å². The molecule has 5 heteroatoms. The van der Waals surface area contributed by atoms with Gasteiger partial charge >= 0.3 is 0 Å². The molecule has 5 nitrogen and oxygen atoms in total. The number of nitrogens with one attached hydrogen (secondary N) is 2. The highest BCUT2D eigenvalue weighted by Crippen LogP contribution is 2.20. The molecule has 0 aliphatic heterocycles. The zero-order valence-electron chi connectivity index (χ0n) is 11.3. The molecule has 0 atom stereocenters. The number of hydrogen-bond donors (Lipinski definition) is 2. The zero-order valence-corrected chi connectivity index (χ0v) is 11.3. The van der Waals surface area contributed by atoms with Crippen molar-refractivity contribution in [3.05, 3.63) is 36.0 Å². The van der Waals surface area contributed by atoms with Crippen molar-refractivity contribution >= 4 is 22.7 Å². The molecule has 0 unspecified atom stereocenters. The molecule has 104 valence electrons. The van der Waals surface area contributed by atoms with E-state index in [0.717, 1.165) is 23.7 Å². The molecule has 1 aromatic heterocycles. The molecule has 1 fully saturated rings. The lowest BCUT2D eigenvalue weighted by Crippen LogP contribution is -2.39. The number of rotatable bonds is 4. The van der Waals surface area contributed by atoms with Crippen LogP contribution >= 0.6 is 0 Å². The third-order valence-corrected chi connectivity index (χ3v) is 3.50. The van der Waals surface area contributed by atoms with E-state index in [0.29, 0.717) is 11.6 Å². The molecule has 2 aromatic rings. The Kier molecular flexibility index (Phi) is 3.18. The molecule has 0 radical (unpaired) electrons. The summed E-state index contributed by atoms with van der Waals surface area (Å²) in [6.07, 6.45) is 3.90. The van der Waals surface area contributed by atoms with E-state index in [2.05, 4.69) is 10.3 Å². The van der Waals surface area contributed by atoms with E-state index in [1.807, 2.05) is 18.2 Å². The normalized spacial score (nSPS) is 14.2. The summed E-state index contributed by atoms with van der Waals surface area (Å²) in [5.74, 6) is -0.231. The molecular formula is C15H17N3O2. The van der Waals surface area contributed by atoms with Crippen molar-refractivity contribution in [2.24, 2.45) is 0 Å². The Bertz CT molecular complexity index is 658. The van der Waals surface area contributed by atoms with E-state index in [-0.39, 0.29) is 18.4 Å². The molecule has 2 amide bonds. The molecule has 2 N–H and O–H groups in total. The first-order valence-electron chi connectivity index (χ1n) is 6.76. The van der Waals surface area contributed by atoms with Gasteiger partial charge in [0.15, 0.2) is 0 Å². The monoisotopic (exact) mass is 271 g/mol. The van der Waals surface area contributed by atoms with Gasteiger partial charge in [-0.15, -0.1) is 0 Å². The smallest absolute Gasteiger partial charge is 0.254 e. The van der Waals surface area contributed by atoms with Gasteiger partial charge < -0.3 is 15.2 Å². The first-order chi connectivity index (χ1) is 9.65. The number of likely N-dealkylation sites (N-methyl/N-ethyl adjacent to an activating group) is 1. The highest BCUT2D eigenvalue weighted by Gasteiger charge is 2.24. The minimum atomic E-state index is -0.138. The molecule has 1 heterocycles. The topological polar surface area (TPSA) is 65.2 Å². The zero-order chi connectivity index (χ0) is 14.1. The number of H-pyrrole nitrogens is 1. The number of amides is 2. The van der Waals surface area contributed by atoms with Gasteiger partial charge in [-0.25, -0.2) is 0 Å². The standard InChI is InChI=1S/C15H17N3O2/c1-18(9-14(19)17-10-5-6-10)15(20)12-3-2-4-13-11(12)7-8-16-13/h2-4,7-8,10,16H,5-6,9H2,1H3,(H,17,19). The van der Waals surface area contributed by atoms with E-state index >= 15 is 0 Å². The highest BCUT2D eigenvalue weighted by molar-refractivity contribution is 6.07. The number of fused-ring (bicyclic) bond motifs is 1.